The summed E-state index contributed by atoms with van der Waals surface area (Å²) in [5.41, 5.74) is 1.78. The molecular weight excluding hydrogens is 343 g/mol. The Morgan fingerprint density at radius 2 is 1.80 bits per heavy atom. The molecule has 0 heterocycles. The van der Waals surface area contributed by atoms with Gasteiger partial charge in [0.2, 0.25) is 15.9 Å². The molecule has 25 heavy (non-hydrogen) atoms. The highest BCUT2D eigenvalue weighted by molar-refractivity contribution is 7.89. The Labute approximate surface area is 147 Å². The Morgan fingerprint density at radius 1 is 1.12 bits per heavy atom. The third-order valence-corrected chi connectivity index (χ3v) is 5.08. The molecule has 0 radical (unpaired) electrons. The predicted molar refractivity (Wildman–Crippen MR) is 95.4 cm³/mol. The highest BCUT2D eigenvalue weighted by Crippen LogP contribution is 2.18. The summed E-state index contributed by atoms with van der Waals surface area (Å²) in [6, 6.07) is 12.0. The van der Waals surface area contributed by atoms with E-state index in [1.54, 1.807) is 6.07 Å². The van der Waals surface area contributed by atoms with Gasteiger partial charge in [-0.25, -0.2) is 17.5 Å². The molecule has 2 N–H and O–H groups in total. The Hall–Kier alpha value is -2.25. The van der Waals surface area contributed by atoms with Gasteiger partial charge in [0.15, 0.2) is 0 Å². The van der Waals surface area contributed by atoms with E-state index in [-0.39, 0.29) is 23.8 Å². The lowest BCUT2D eigenvalue weighted by Gasteiger charge is -2.10. The summed E-state index contributed by atoms with van der Waals surface area (Å²) in [6.45, 7) is 4.08. The van der Waals surface area contributed by atoms with Gasteiger partial charge in [0, 0.05) is 18.7 Å². The standard InChI is InChI=1S/C18H21FN2O3S/c1-13(2)14-4-3-5-16(12-14)21-18(22)10-11-20-25(23,24)17-8-6-15(19)7-9-17/h3-9,12-13,20H,10-11H2,1-2H3,(H,21,22). The van der Waals surface area contributed by atoms with Gasteiger partial charge in [-0.15, -0.1) is 0 Å². The topological polar surface area (TPSA) is 75.3 Å². The number of hydrogen-bond donors (Lipinski definition) is 2. The third-order valence-electron chi connectivity index (χ3n) is 3.61. The van der Waals surface area contributed by atoms with E-state index in [0.717, 1.165) is 17.7 Å². The Bertz CT molecular complexity index is 834. The maximum atomic E-state index is 12.8. The van der Waals surface area contributed by atoms with Crippen molar-refractivity contribution >= 4 is 21.6 Å². The molecule has 2 aromatic carbocycles. The fourth-order valence-electron chi connectivity index (χ4n) is 2.20. The van der Waals surface area contributed by atoms with E-state index in [9.17, 15) is 17.6 Å². The molecule has 0 spiro atoms. The lowest BCUT2D eigenvalue weighted by Crippen LogP contribution is -2.27. The van der Waals surface area contributed by atoms with Gasteiger partial charge in [0.1, 0.15) is 5.82 Å². The summed E-state index contributed by atoms with van der Waals surface area (Å²) in [4.78, 5) is 11.9. The molecule has 0 saturated carbocycles. The number of sulfonamides is 1. The first-order chi connectivity index (χ1) is 11.8. The van der Waals surface area contributed by atoms with Gasteiger partial charge in [0.05, 0.1) is 4.90 Å². The molecule has 5 nitrogen and oxygen atoms in total. The van der Waals surface area contributed by atoms with E-state index in [1.807, 2.05) is 18.2 Å². The zero-order valence-corrected chi connectivity index (χ0v) is 14.9. The van der Waals surface area contributed by atoms with Crippen LogP contribution in [0.15, 0.2) is 53.4 Å². The first-order valence-electron chi connectivity index (χ1n) is 7.93. The number of carbonyl (C=O) groups is 1. The average molecular weight is 364 g/mol. The fourth-order valence-corrected chi connectivity index (χ4v) is 3.23. The van der Waals surface area contributed by atoms with Crippen LogP contribution < -0.4 is 10.0 Å². The zero-order valence-electron chi connectivity index (χ0n) is 14.1. The van der Waals surface area contributed by atoms with Gasteiger partial charge in [-0.1, -0.05) is 26.0 Å². The van der Waals surface area contributed by atoms with Crippen LogP contribution in [-0.4, -0.2) is 20.9 Å². The van der Waals surface area contributed by atoms with Crippen molar-refractivity contribution in [3.05, 3.63) is 59.9 Å². The molecule has 2 aromatic rings. The molecule has 0 aliphatic rings. The first kappa shape index (κ1) is 19.1. The maximum absolute atomic E-state index is 12.8. The van der Waals surface area contributed by atoms with Crippen LogP contribution in [0.2, 0.25) is 0 Å². The Balaban J connectivity index is 1.88. The van der Waals surface area contributed by atoms with Gasteiger partial charge in [-0.2, -0.15) is 0 Å². The highest BCUT2D eigenvalue weighted by atomic mass is 32.2. The molecule has 0 fully saturated rings. The SMILES string of the molecule is CC(C)c1cccc(NC(=O)CCNS(=O)(=O)c2ccc(F)cc2)c1. The van der Waals surface area contributed by atoms with Gasteiger partial charge >= 0.3 is 0 Å². The smallest absolute Gasteiger partial charge is 0.240 e. The van der Waals surface area contributed by atoms with Gasteiger partial charge < -0.3 is 5.32 Å². The van der Waals surface area contributed by atoms with E-state index in [2.05, 4.69) is 23.9 Å². The second kappa shape index (κ2) is 8.22. The molecule has 134 valence electrons. The Kier molecular flexibility index (Phi) is 6.27. The van der Waals surface area contributed by atoms with E-state index >= 15 is 0 Å². The van der Waals surface area contributed by atoms with Crippen LogP contribution in [0.3, 0.4) is 0 Å². The second-order valence-corrected chi connectivity index (χ2v) is 7.70. The fraction of sp³-hybridized carbons (Fsp3) is 0.278. The molecule has 1 amide bonds. The van der Waals surface area contributed by atoms with Crippen molar-refractivity contribution in [1.29, 1.82) is 0 Å². The number of amides is 1. The quantitative estimate of drug-likeness (QED) is 0.792. The average Bonchev–Trinajstić information content (AvgIpc) is 2.55. The van der Waals surface area contributed by atoms with E-state index in [1.165, 1.54) is 12.1 Å². The van der Waals surface area contributed by atoms with Gasteiger partial charge in [-0.05, 0) is 47.9 Å². The molecule has 0 atom stereocenters. The van der Waals surface area contributed by atoms with Crippen LogP contribution in [-0.2, 0) is 14.8 Å². The van der Waals surface area contributed by atoms with Crippen LogP contribution >= 0.6 is 0 Å². The number of carbonyl (C=O) groups excluding carboxylic acids is 1. The summed E-state index contributed by atoms with van der Waals surface area (Å²) in [5, 5.41) is 2.75. The van der Waals surface area contributed by atoms with Gasteiger partial charge in [-0.3, -0.25) is 4.79 Å². The molecular formula is C18H21FN2O3S. The molecule has 0 aliphatic carbocycles. The Morgan fingerprint density at radius 3 is 2.44 bits per heavy atom. The summed E-state index contributed by atoms with van der Waals surface area (Å²) in [6.07, 6.45) is -0.00761. The summed E-state index contributed by atoms with van der Waals surface area (Å²) in [7, 11) is -3.76. The molecule has 0 bridgehead atoms. The van der Waals surface area contributed by atoms with E-state index in [4.69, 9.17) is 0 Å². The molecule has 7 heteroatoms. The highest BCUT2D eigenvalue weighted by Gasteiger charge is 2.14. The zero-order chi connectivity index (χ0) is 18.4. The monoisotopic (exact) mass is 364 g/mol. The van der Waals surface area contributed by atoms with Crippen molar-refractivity contribution < 1.29 is 17.6 Å². The van der Waals surface area contributed by atoms with E-state index in [0.29, 0.717) is 11.6 Å². The minimum absolute atomic E-state index is 0.00761. The molecule has 2 rings (SSSR count). The molecule has 0 saturated heterocycles. The second-order valence-electron chi connectivity index (χ2n) is 5.93. The lowest BCUT2D eigenvalue weighted by molar-refractivity contribution is -0.116. The molecule has 0 unspecified atom stereocenters. The van der Waals surface area contributed by atoms with Crippen LogP contribution in [0.25, 0.3) is 0 Å². The number of hydrogen-bond acceptors (Lipinski definition) is 3. The van der Waals surface area contributed by atoms with Crippen molar-refractivity contribution in [1.82, 2.24) is 4.72 Å². The van der Waals surface area contributed by atoms with Crippen molar-refractivity contribution in [2.45, 2.75) is 31.1 Å². The van der Waals surface area contributed by atoms with E-state index < -0.39 is 15.8 Å². The summed E-state index contributed by atoms with van der Waals surface area (Å²) in [5.74, 6) is -0.455. The van der Waals surface area contributed by atoms with Crippen LogP contribution in [0.4, 0.5) is 10.1 Å². The van der Waals surface area contributed by atoms with Crippen molar-refractivity contribution in [2.75, 3.05) is 11.9 Å². The minimum Gasteiger partial charge on any atom is -0.326 e. The lowest BCUT2D eigenvalue weighted by atomic mass is 10.0. The number of benzene rings is 2. The summed E-state index contributed by atoms with van der Waals surface area (Å²) >= 11 is 0. The molecule has 0 aliphatic heterocycles. The number of halogens is 1. The third kappa shape index (κ3) is 5.65. The largest absolute Gasteiger partial charge is 0.326 e. The van der Waals surface area contributed by atoms with Crippen molar-refractivity contribution in [3.8, 4) is 0 Å². The first-order valence-corrected chi connectivity index (χ1v) is 9.41. The maximum Gasteiger partial charge on any atom is 0.240 e. The number of anilines is 1. The van der Waals surface area contributed by atoms with Crippen molar-refractivity contribution in [3.63, 3.8) is 0 Å². The number of rotatable bonds is 7. The van der Waals surface area contributed by atoms with Crippen molar-refractivity contribution in [2.24, 2.45) is 0 Å². The van der Waals surface area contributed by atoms with Gasteiger partial charge in [0.25, 0.3) is 0 Å². The van der Waals surface area contributed by atoms with Crippen LogP contribution in [0.5, 0.6) is 0 Å². The summed E-state index contributed by atoms with van der Waals surface area (Å²) < 4.78 is 39.3. The minimum atomic E-state index is -3.76. The normalized spacial score (nSPS) is 11.5. The molecule has 0 aromatic heterocycles. The van der Waals surface area contributed by atoms with Crippen LogP contribution in [0.1, 0.15) is 31.7 Å². The predicted octanol–water partition coefficient (Wildman–Crippen LogP) is 3.26. The number of nitrogens with one attached hydrogen (secondary N) is 2. The van der Waals surface area contributed by atoms with Crippen LogP contribution in [0, 0.1) is 5.82 Å².